The van der Waals surface area contributed by atoms with Crippen LogP contribution in [0.15, 0.2) is 0 Å². The van der Waals surface area contributed by atoms with E-state index in [1.54, 1.807) is 0 Å². The molecular weight excluding hydrogens is 220 g/mol. The van der Waals surface area contributed by atoms with Gasteiger partial charge in [0, 0.05) is 24.7 Å². The normalized spacial score (nSPS) is 32.3. The molecule has 1 aliphatic carbocycles. The van der Waals surface area contributed by atoms with Gasteiger partial charge in [0.2, 0.25) is 0 Å². The van der Waals surface area contributed by atoms with Gasteiger partial charge >= 0.3 is 0 Å². The van der Waals surface area contributed by atoms with E-state index < -0.39 is 0 Å². The summed E-state index contributed by atoms with van der Waals surface area (Å²) < 4.78 is 0. The maximum absolute atomic E-state index is 3.71. The minimum Gasteiger partial charge on any atom is -0.313 e. The summed E-state index contributed by atoms with van der Waals surface area (Å²) >= 11 is 0. The van der Waals surface area contributed by atoms with Crippen molar-refractivity contribution in [3.8, 4) is 0 Å². The average Bonchev–Trinajstić information content (AvgIpc) is 2.67. The summed E-state index contributed by atoms with van der Waals surface area (Å²) in [6, 6.07) is 2.20. The fourth-order valence-corrected chi connectivity index (χ4v) is 3.96. The molecule has 2 nitrogen and oxygen atoms in total. The van der Waals surface area contributed by atoms with E-state index in [2.05, 4.69) is 37.9 Å². The fourth-order valence-electron chi connectivity index (χ4n) is 3.96. The smallest absolute Gasteiger partial charge is 0.0195 e. The van der Waals surface area contributed by atoms with Crippen LogP contribution in [0.3, 0.4) is 0 Å². The Morgan fingerprint density at radius 2 is 1.94 bits per heavy atom. The van der Waals surface area contributed by atoms with Gasteiger partial charge in [0.15, 0.2) is 0 Å². The molecule has 106 valence electrons. The first-order valence-corrected chi connectivity index (χ1v) is 8.00. The molecular formula is C16H32N2. The summed E-state index contributed by atoms with van der Waals surface area (Å²) in [7, 11) is 0. The topological polar surface area (TPSA) is 15.3 Å². The Balaban J connectivity index is 1.99. The van der Waals surface area contributed by atoms with Crippen LogP contribution in [0, 0.1) is 5.41 Å². The van der Waals surface area contributed by atoms with Crippen LogP contribution < -0.4 is 5.32 Å². The van der Waals surface area contributed by atoms with E-state index in [4.69, 9.17) is 0 Å². The number of piperidine rings is 1. The second-order valence-electron chi connectivity index (χ2n) is 7.33. The van der Waals surface area contributed by atoms with Crippen LogP contribution >= 0.6 is 0 Å². The van der Waals surface area contributed by atoms with Gasteiger partial charge in [-0.3, -0.25) is 4.90 Å². The maximum Gasteiger partial charge on any atom is 0.0195 e. The van der Waals surface area contributed by atoms with Crippen molar-refractivity contribution in [1.82, 2.24) is 10.2 Å². The molecule has 18 heavy (non-hydrogen) atoms. The summed E-state index contributed by atoms with van der Waals surface area (Å²) in [6.07, 6.45) is 8.37. The summed E-state index contributed by atoms with van der Waals surface area (Å²) in [5.74, 6) is 0. The number of nitrogens with one attached hydrogen (secondary N) is 1. The van der Waals surface area contributed by atoms with E-state index in [1.807, 2.05) is 0 Å². The lowest BCUT2D eigenvalue weighted by molar-refractivity contribution is 0.0689. The molecule has 1 heterocycles. The summed E-state index contributed by atoms with van der Waals surface area (Å²) in [4.78, 5) is 2.79. The Morgan fingerprint density at radius 3 is 2.44 bits per heavy atom. The van der Waals surface area contributed by atoms with Crippen LogP contribution in [-0.4, -0.2) is 36.1 Å². The summed E-state index contributed by atoms with van der Waals surface area (Å²) in [5.41, 5.74) is 0.513. The molecule has 0 aromatic carbocycles. The quantitative estimate of drug-likeness (QED) is 0.825. The van der Waals surface area contributed by atoms with Crippen molar-refractivity contribution in [2.45, 2.75) is 84.3 Å². The predicted molar refractivity (Wildman–Crippen MR) is 78.9 cm³/mol. The Labute approximate surface area is 114 Å². The standard InChI is InChI=1S/C16H32N2/c1-13(2)18(12-14-8-5-6-11-17-14)15-9-7-10-16(15,3)4/h13-15,17H,5-12H2,1-4H3. The van der Waals surface area contributed by atoms with Crippen molar-refractivity contribution in [2.24, 2.45) is 5.41 Å². The Hall–Kier alpha value is -0.0800. The SMILES string of the molecule is CC(C)N(CC1CCCCN1)C1CCCC1(C)C. The van der Waals surface area contributed by atoms with Gasteiger partial charge in [0.1, 0.15) is 0 Å². The molecule has 2 rings (SSSR count). The van der Waals surface area contributed by atoms with Gasteiger partial charge < -0.3 is 5.32 Å². The van der Waals surface area contributed by atoms with Crippen LogP contribution in [0.1, 0.15) is 66.2 Å². The zero-order chi connectivity index (χ0) is 13.2. The molecule has 0 amide bonds. The molecule has 1 saturated heterocycles. The van der Waals surface area contributed by atoms with E-state index in [1.165, 1.54) is 51.6 Å². The third-order valence-electron chi connectivity index (χ3n) is 5.11. The van der Waals surface area contributed by atoms with E-state index in [0.29, 0.717) is 11.5 Å². The number of nitrogens with zero attached hydrogens (tertiary/aromatic N) is 1. The highest BCUT2D eigenvalue weighted by Gasteiger charge is 2.39. The van der Waals surface area contributed by atoms with E-state index in [0.717, 1.165) is 12.1 Å². The summed E-state index contributed by atoms with van der Waals surface area (Å²) in [6.45, 7) is 12.2. The molecule has 2 unspecified atom stereocenters. The van der Waals surface area contributed by atoms with Crippen LogP contribution in [0.25, 0.3) is 0 Å². The molecule has 1 N–H and O–H groups in total. The van der Waals surface area contributed by atoms with Crippen LogP contribution in [-0.2, 0) is 0 Å². The van der Waals surface area contributed by atoms with Crippen molar-refractivity contribution >= 4 is 0 Å². The van der Waals surface area contributed by atoms with Crippen molar-refractivity contribution in [3.63, 3.8) is 0 Å². The first-order valence-electron chi connectivity index (χ1n) is 8.00. The molecule has 2 heteroatoms. The number of rotatable bonds is 4. The van der Waals surface area contributed by atoms with Gasteiger partial charge in [-0.2, -0.15) is 0 Å². The van der Waals surface area contributed by atoms with E-state index in [9.17, 15) is 0 Å². The molecule has 2 fully saturated rings. The van der Waals surface area contributed by atoms with Crippen molar-refractivity contribution in [3.05, 3.63) is 0 Å². The Morgan fingerprint density at radius 1 is 1.17 bits per heavy atom. The third kappa shape index (κ3) is 3.27. The van der Waals surface area contributed by atoms with Gasteiger partial charge in [-0.15, -0.1) is 0 Å². The predicted octanol–water partition coefficient (Wildman–Crippen LogP) is 3.42. The molecule has 0 bridgehead atoms. The first kappa shape index (κ1) is 14.3. The Bertz CT molecular complexity index is 254. The van der Waals surface area contributed by atoms with Gasteiger partial charge in [-0.1, -0.05) is 26.7 Å². The average molecular weight is 252 g/mol. The van der Waals surface area contributed by atoms with Gasteiger partial charge in [0.25, 0.3) is 0 Å². The highest BCUT2D eigenvalue weighted by atomic mass is 15.2. The zero-order valence-corrected chi connectivity index (χ0v) is 12.8. The minimum absolute atomic E-state index is 0.513. The highest BCUT2D eigenvalue weighted by molar-refractivity contribution is 4.94. The number of hydrogen-bond acceptors (Lipinski definition) is 2. The monoisotopic (exact) mass is 252 g/mol. The van der Waals surface area contributed by atoms with Crippen LogP contribution in [0.2, 0.25) is 0 Å². The highest BCUT2D eigenvalue weighted by Crippen LogP contribution is 2.41. The molecule has 0 aromatic heterocycles. The van der Waals surface area contributed by atoms with E-state index >= 15 is 0 Å². The van der Waals surface area contributed by atoms with Crippen molar-refractivity contribution in [2.75, 3.05) is 13.1 Å². The molecule has 1 aliphatic heterocycles. The van der Waals surface area contributed by atoms with Gasteiger partial charge in [-0.05, 0) is 51.5 Å². The summed E-state index contributed by atoms with van der Waals surface area (Å²) in [5, 5.41) is 3.71. The van der Waals surface area contributed by atoms with Crippen LogP contribution in [0.5, 0.6) is 0 Å². The zero-order valence-electron chi connectivity index (χ0n) is 12.8. The largest absolute Gasteiger partial charge is 0.313 e. The third-order valence-corrected chi connectivity index (χ3v) is 5.11. The minimum atomic E-state index is 0.513. The lowest BCUT2D eigenvalue weighted by Gasteiger charge is -2.42. The molecule has 2 atom stereocenters. The molecule has 2 aliphatic rings. The maximum atomic E-state index is 3.71. The van der Waals surface area contributed by atoms with Crippen LogP contribution in [0.4, 0.5) is 0 Å². The molecule has 0 radical (unpaired) electrons. The Kier molecular flexibility index (Phi) is 4.71. The second kappa shape index (κ2) is 5.92. The number of hydrogen-bond donors (Lipinski definition) is 1. The lowest BCUT2D eigenvalue weighted by atomic mass is 9.85. The first-order chi connectivity index (χ1) is 8.50. The van der Waals surface area contributed by atoms with Gasteiger partial charge in [-0.25, -0.2) is 0 Å². The van der Waals surface area contributed by atoms with Crippen molar-refractivity contribution in [1.29, 1.82) is 0 Å². The molecule has 1 saturated carbocycles. The van der Waals surface area contributed by atoms with Crippen molar-refractivity contribution < 1.29 is 0 Å². The lowest BCUT2D eigenvalue weighted by Crippen LogP contribution is -2.52. The second-order valence-corrected chi connectivity index (χ2v) is 7.33. The molecule has 0 spiro atoms. The molecule has 0 aromatic rings. The fraction of sp³-hybridized carbons (Fsp3) is 1.00. The van der Waals surface area contributed by atoms with Gasteiger partial charge in [0.05, 0.1) is 0 Å². The van der Waals surface area contributed by atoms with E-state index in [-0.39, 0.29) is 0 Å².